The Kier molecular flexibility index (Phi) is 4.70. The first-order valence-electron chi connectivity index (χ1n) is 3.04. The van der Waals surface area contributed by atoms with Crippen LogP contribution in [0.15, 0.2) is 12.0 Å². The molecule has 0 aromatic carbocycles. The number of aliphatic hydroxyl groups is 4. The second-order valence-corrected chi connectivity index (χ2v) is 1.94. The van der Waals surface area contributed by atoms with Crippen molar-refractivity contribution in [2.24, 2.45) is 0 Å². The molecule has 0 aliphatic carbocycles. The zero-order valence-corrected chi connectivity index (χ0v) is 5.56. The molecule has 4 N–H and O–H groups in total. The van der Waals surface area contributed by atoms with Crippen molar-refractivity contribution in [2.45, 2.75) is 18.9 Å². The summed E-state index contributed by atoms with van der Waals surface area (Å²) in [6, 6.07) is 0. The van der Waals surface area contributed by atoms with E-state index in [1.165, 1.54) is 0 Å². The highest BCUT2D eigenvalue weighted by atomic mass is 16.3. The van der Waals surface area contributed by atoms with Crippen LogP contribution in [0.1, 0.15) is 12.8 Å². The molecule has 0 radical (unpaired) electrons. The van der Waals surface area contributed by atoms with Crippen LogP contribution >= 0.6 is 0 Å². The summed E-state index contributed by atoms with van der Waals surface area (Å²) in [4.78, 5) is 0. The lowest BCUT2D eigenvalue weighted by atomic mass is 10.2. The second-order valence-electron chi connectivity index (χ2n) is 1.94. The molecular weight excluding hydrogens is 136 g/mol. The molecule has 60 valence electrons. The van der Waals surface area contributed by atoms with E-state index in [0.29, 0.717) is 12.7 Å². The highest BCUT2D eigenvalue weighted by Gasteiger charge is 2.07. The molecule has 0 amide bonds. The third kappa shape index (κ3) is 3.32. The Morgan fingerprint density at radius 2 is 2.10 bits per heavy atom. The van der Waals surface area contributed by atoms with Crippen LogP contribution < -0.4 is 0 Å². The Hall–Kier alpha value is -0.740. The monoisotopic (exact) mass is 148 g/mol. The van der Waals surface area contributed by atoms with Gasteiger partial charge >= 0.3 is 0 Å². The molecule has 0 aliphatic heterocycles. The van der Waals surface area contributed by atoms with Gasteiger partial charge in [0, 0.05) is 6.61 Å². The fourth-order valence-corrected chi connectivity index (χ4v) is 0.519. The lowest BCUT2D eigenvalue weighted by Crippen LogP contribution is -2.10. The average Bonchev–Trinajstić information content (AvgIpc) is 1.98. The van der Waals surface area contributed by atoms with Crippen LogP contribution in [0.5, 0.6) is 0 Å². The van der Waals surface area contributed by atoms with Crippen LogP contribution in [0.3, 0.4) is 0 Å². The maximum atomic E-state index is 8.86. The van der Waals surface area contributed by atoms with Crippen LogP contribution in [-0.4, -0.2) is 33.1 Å². The molecule has 0 aromatic heterocycles. The van der Waals surface area contributed by atoms with Crippen LogP contribution in [0.4, 0.5) is 0 Å². The van der Waals surface area contributed by atoms with E-state index in [4.69, 9.17) is 20.4 Å². The number of hydrogen-bond donors (Lipinski definition) is 4. The molecule has 0 rings (SSSR count). The molecule has 1 unspecified atom stereocenters. The minimum atomic E-state index is -1.06. The Balaban J connectivity index is 3.51. The van der Waals surface area contributed by atoms with Crippen LogP contribution in [-0.2, 0) is 0 Å². The predicted molar refractivity (Wildman–Crippen MR) is 35.7 cm³/mol. The Bertz CT molecular complexity index is 110. The molecule has 0 spiro atoms. The van der Waals surface area contributed by atoms with Gasteiger partial charge in [0.2, 0.25) is 0 Å². The average molecular weight is 148 g/mol. The summed E-state index contributed by atoms with van der Waals surface area (Å²) in [6.45, 7) is -0.0320. The third-order valence-corrected chi connectivity index (χ3v) is 1.11. The van der Waals surface area contributed by atoms with Gasteiger partial charge in [-0.3, -0.25) is 0 Å². The van der Waals surface area contributed by atoms with E-state index >= 15 is 0 Å². The standard InChI is InChI=1S/C6H12O4/c7-3-1-2-5(9)6(10)4-8/h4-5,7-10H,1-3H2. The summed E-state index contributed by atoms with van der Waals surface area (Å²) in [5.74, 6) is -0.464. The van der Waals surface area contributed by atoms with E-state index in [9.17, 15) is 0 Å². The molecule has 4 heteroatoms. The van der Waals surface area contributed by atoms with E-state index in [1.807, 2.05) is 0 Å². The molecule has 1 atom stereocenters. The summed E-state index contributed by atoms with van der Waals surface area (Å²) in [5, 5.41) is 34.0. The Morgan fingerprint density at radius 1 is 1.50 bits per heavy atom. The van der Waals surface area contributed by atoms with Gasteiger partial charge in [0.1, 0.15) is 12.4 Å². The smallest absolute Gasteiger partial charge is 0.155 e. The van der Waals surface area contributed by atoms with Gasteiger partial charge < -0.3 is 20.4 Å². The second kappa shape index (κ2) is 5.08. The number of hydrogen-bond acceptors (Lipinski definition) is 4. The molecule has 0 bridgehead atoms. The van der Waals surface area contributed by atoms with Crippen molar-refractivity contribution in [1.82, 2.24) is 0 Å². The SMILES string of the molecule is OC=C(O)C(O)CCCO. The van der Waals surface area contributed by atoms with E-state index in [1.54, 1.807) is 0 Å². The van der Waals surface area contributed by atoms with E-state index in [-0.39, 0.29) is 13.0 Å². The zero-order valence-electron chi connectivity index (χ0n) is 5.56. The molecule has 4 nitrogen and oxygen atoms in total. The summed E-state index contributed by atoms with van der Waals surface area (Å²) >= 11 is 0. The van der Waals surface area contributed by atoms with Crippen molar-refractivity contribution >= 4 is 0 Å². The lowest BCUT2D eigenvalue weighted by molar-refractivity contribution is 0.127. The van der Waals surface area contributed by atoms with Gasteiger partial charge in [-0.25, -0.2) is 0 Å². The van der Waals surface area contributed by atoms with E-state index in [0.717, 1.165) is 0 Å². The van der Waals surface area contributed by atoms with Gasteiger partial charge in [-0.2, -0.15) is 0 Å². The summed E-state index contributed by atoms with van der Waals surface area (Å²) in [5.41, 5.74) is 0. The highest BCUT2D eigenvalue weighted by molar-refractivity contribution is 4.91. The van der Waals surface area contributed by atoms with E-state index < -0.39 is 11.9 Å². The molecule has 0 saturated carbocycles. The van der Waals surface area contributed by atoms with Gasteiger partial charge in [0.15, 0.2) is 5.76 Å². The molecule has 10 heavy (non-hydrogen) atoms. The Labute approximate surface area is 59.1 Å². The lowest BCUT2D eigenvalue weighted by Gasteiger charge is -2.06. The van der Waals surface area contributed by atoms with Crippen LogP contribution in [0.25, 0.3) is 0 Å². The molecule has 0 aliphatic rings. The topological polar surface area (TPSA) is 80.9 Å². The van der Waals surface area contributed by atoms with Gasteiger partial charge in [-0.1, -0.05) is 0 Å². The fraction of sp³-hybridized carbons (Fsp3) is 0.667. The molecule has 0 aromatic rings. The summed E-state index contributed by atoms with van der Waals surface area (Å²) in [6.07, 6.45) is 0.0395. The predicted octanol–water partition coefficient (Wildman–Crippen LogP) is 0.0772. The van der Waals surface area contributed by atoms with Gasteiger partial charge in [-0.05, 0) is 12.8 Å². The third-order valence-electron chi connectivity index (χ3n) is 1.11. The highest BCUT2D eigenvalue weighted by Crippen LogP contribution is 2.03. The van der Waals surface area contributed by atoms with Gasteiger partial charge in [0.05, 0.1) is 0 Å². The van der Waals surface area contributed by atoms with Gasteiger partial charge in [-0.15, -0.1) is 0 Å². The first-order chi connectivity index (χ1) is 4.72. The van der Waals surface area contributed by atoms with Crippen molar-refractivity contribution in [3.8, 4) is 0 Å². The fourth-order valence-electron chi connectivity index (χ4n) is 0.519. The molecular formula is C6H12O4. The largest absolute Gasteiger partial charge is 0.512 e. The van der Waals surface area contributed by atoms with Crippen LogP contribution in [0, 0.1) is 0 Å². The maximum absolute atomic E-state index is 8.86. The molecule has 0 heterocycles. The van der Waals surface area contributed by atoms with Crippen LogP contribution in [0.2, 0.25) is 0 Å². The summed E-state index contributed by atoms with van der Waals surface area (Å²) < 4.78 is 0. The number of aliphatic hydroxyl groups excluding tert-OH is 4. The molecule has 0 saturated heterocycles. The minimum absolute atomic E-state index is 0.0320. The summed E-state index contributed by atoms with van der Waals surface area (Å²) in [7, 11) is 0. The minimum Gasteiger partial charge on any atom is -0.512 e. The zero-order chi connectivity index (χ0) is 7.98. The van der Waals surface area contributed by atoms with Crippen molar-refractivity contribution in [3.63, 3.8) is 0 Å². The number of rotatable bonds is 4. The quantitative estimate of drug-likeness (QED) is 0.425. The first kappa shape index (κ1) is 9.26. The normalized spacial score (nSPS) is 15.2. The molecule has 0 fully saturated rings. The van der Waals surface area contributed by atoms with E-state index in [2.05, 4.69) is 0 Å². The Morgan fingerprint density at radius 3 is 2.50 bits per heavy atom. The first-order valence-corrected chi connectivity index (χ1v) is 3.04. The van der Waals surface area contributed by atoms with Crippen molar-refractivity contribution < 1.29 is 20.4 Å². The maximum Gasteiger partial charge on any atom is 0.155 e. The van der Waals surface area contributed by atoms with Gasteiger partial charge in [0.25, 0.3) is 0 Å². The van der Waals surface area contributed by atoms with Crippen molar-refractivity contribution in [3.05, 3.63) is 12.0 Å². The van der Waals surface area contributed by atoms with Crippen molar-refractivity contribution in [1.29, 1.82) is 0 Å². The van der Waals surface area contributed by atoms with Crippen molar-refractivity contribution in [2.75, 3.05) is 6.61 Å².